The zero-order valence-electron chi connectivity index (χ0n) is 10.4. The summed E-state index contributed by atoms with van der Waals surface area (Å²) in [7, 11) is 1.86. The molecular weight excluding hydrogens is 300 g/mol. The van der Waals surface area contributed by atoms with Gasteiger partial charge < -0.3 is 36.9 Å². The predicted octanol–water partition coefficient (Wildman–Crippen LogP) is -2.96. The van der Waals surface area contributed by atoms with Gasteiger partial charge in [-0.15, -0.1) is 0 Å². The van der Waals surface area contributed by atoms with Crippen LogP contribution in [0.1, 0.15) is 19.3 Å². The minimum Gasteiger partial charge on any atom is -1.00 e. The summed E-state index contributed by atoms with van der Waals surface area (Å²) in [5.74, 6) is 0.301. The number of aryl methyl sites for hydroxylation is 1. The molecule has 1 saturated heterocycles. The highest BCUT2D eigenvalue weighted by molar-refractivity contribution is 5.62. The summed E-state index contributed by atoms with van der Waals surface area (Å²) in [5, 5.41) is 19.0. The third kappa shape index (κ3) is 6.44. The topological polar surface area (TPSA) is 67.5 Å². The molecule has 0 saturated carbocycles. The monoisotopic (exact) mass is 317 g/mol. The highest BCUT2D eigenvalue weighted by Gasteiger charge is 2.07. The fourth-order valence-corrected chi connectivity index (χ4v) is 1.65. The van der Waals surface area contributed by atoms with Crippen LogP contribution in [0.4, 0.5) is 4.79 Å². The Bertz CT molecular complexity index is 351. The second kappa shape index (κ2) is 8.74. The van der Waals surface area contributed by atoms with Crippen LogP contribution in [-0.4, -0.2) is 29.2 Å². The van der Waals surface area contributed by atoms with Crippen LogP contribution in [0.25, 0.3) is 0 Å². The number of likely N-dealkylation sites (tertiary alicyclic amines) is 1. The number of aromatic hydroxyl groups is 1. The number of nitrogens with zero attached hydrogens (tertiary/aromatic N) is 2. The Morgan fingerprint density at radius 3 is 2.33 bits per heavy atom. The van der Waals surface area contributed by atoms with E-state index in [-0.39, 0.29) is 17.0 Å². The van der Waals surface area contributed by atoms with Crippen molar-refractivity contribution in [2.24, 2.45) is 7.05 Å². The Morgan fingerprint density at radius 2 is 2.00 bits per heavy atom. The molecule has 0 radical (unpaired) electrons. The summed E-state index contributed by atoms with van der Waals surface area (Å²) in [6.07, 6.45) is 5.63. The van der Waals surface area contributed by atoms with Crippen molar-refractivity contribution in [1.82, 2.24) is 4.90 Å². The number of piperidine rings is 1. The fraction of sp³-hybridized carbons (Fsp3) is 0.500. The van der Waals surface area contributed by atoms with Crippen molar-refractivity contribution in [3.8, 4) is 5.75 Å². The van der Waals surface area contributed by atoms with E-state index in [0.29, 0.717) is 18.8 Å². The molecule has 1 fully saturated rings. The first-order valence-electron chi connectivity index (χ1n) is 5.70. The Kier molecular flexibility index (Phi) is 8.11. The molecule has 0 bridgehead atoms. The first-order valence-corrected chi connectivity index (χ1v) is 5.70. The van der Waals surface area contributed by atoms with Gasteiger partial charge in [0.2, 0.25) is 6.20 Å². The van der Waals surface area contributed by atoms with Crippen LogP contribution in [0.3, 0.4) is 0 Å². The summed E-state index contributed by atoms with van der Waals surface area (Å²) >= 11 is 0. The van der Waals surface area contributed by atoms with Gasteiger partial charge in [0.25, 0.3) is 0 Å². The van der Waals surface area contributed by atoms with Gasteiger partial charge in [0.1, 0.15) is 13.1 Å². The van der Waals surface area contributed by atoms with Gasteiger partial charge in [0.15, 0.2) is 11.9 Å². The number of carbonyl (C=O) groups is 1. The smallest absolute Gasteiger partial charge is 0.210 e. The molecule has 0 aliphatic carbocycles. The van der Waals surface area contributed by atoms with E-state index in [1.54, 1.807) is 22.9 Å². The maximum atomic E-state index is 10.2. The maximum Gasteiger partial charge on any atom is 0.210 e. The highest BCUT2D eigenvalue weighted by atomic mass is 79.9. The van der Waals surface area contributed by atoms with E-state index in [1.807, 2.05) is 13.2 Å². The lowest BCUT2D eigenvalue weighted by Crippen LogP contribution is -3.00. The van der Waals surface area contributed by atoms with E-state index >= 15 is 0 Å². The molecule has 1 aromatic rings. The maximum absolute atomic E-state index is 10.2. The molecule has 102 valence electrons. The molecular formula is C12H18BrN2O3-. The number of rotatable bonds is 0. The molecule has 6 heteroatoms. The average molecular weight is 318 g/mol. The van der Waals surface area contributed by atoms with E-state index in [2.05, 4.69) is 0 Å². The Morgan fingerprint density at radius 1 is 1.39 bits per heavy atom. The van der Waals surface area contributed by atoms with E-state index in [9.17, 15) is 9.90 Å². The minimum absolute atomic E-state index is 0. The van der Waals surface area contributed by atoms with Crippen molar-refractivity contribution in [3.63, 3.8) is 0 Å². The van der Waals surface area contributed by atoms with Crippen molar-refractivity contribution >= 4 is 6.09 Å². The zero-order chi connectivity index (χ0) is 12.7. The van der Waals surface area contributed by atoms with Gasteiger partial charge in [-0.05, 0) is 25.3 Å². The van der Waals surface area contributed by atoms with Crippen LogP contribution < -0.4 is 26.7 Å². The molecule has 1 aliphatic heterocycles. The number of aromatic nitrogens is 1. The molecule has 1 N–H and O–H groups in total. The van der Waals surface area contributed by atoms with Gasteiger partial charge in [-0.3, -0.25) is 0 Å². The second-order valence-electron chi connectivity index (χ2n) is 4.04. The van der Waals surface area contributed by atoms with Gasteiger partial charge in [0.05, 0.1) is 0 Å². The molecule has 2 rings (SSSR count). The van der Waals surface area contributed by atoms with Crippen molar-refractivity contribution in [2.45, 2.75) is 19.3 Å². The van der Waals surface area contributed by atoms with Crippen LogP contribution in [0.15, 0.2) is 24.5 Å². The summed E-state index contributed by atoms with van der Waals surface area (Å²) < 4.78 is 1.79. The summed E-state index contributed by atoms with van der Waals surface area (Å²) in [6.45, 7) is 1.34. The lowest BCUT2D eigenvalue weighted by molar-refractivity contribution is -0.671. The SMILES string of the molecule is C[n+]1cccc(O)c1.O=C([O-])N1CCCCC1.[Br-]. The van der Waals surface area contributed by atoms with Gasteiger partial charge in [-0.1, -0.05) is 0 Å². The molecule has 2 heterocycles. The molecule has 0 unspecified atom stereocenters. The standard InChI is InChI=1S/C6H11NO2.C6H7NO.BrH/c8-6(9)7-4-2-1-3-5-7;1-7-4-2-3-6(8)5-7;/h1-5H2,(H,8,9);2-5H,1H3;1H/p-1. The number of carboxylic acid groups (broad SMARTS) is 1. The zero-order valence-corrected chi connectivity index (χ0v) is 12.0. The van der Waals surface area contributed by atoms with Crippen molar-refractivity contribution in [3.05, 3.63) is 24.5 Å². The lowest BCUT2D eigenvalue weighted by atomic mass is 10.1. The lowest BCUT2D eigenvalue weighted by Gasteiger charge is -2.28. The van der Waals surface area contributed by atoms with Gasteiger partial charge in [-0.2, -0.15) is 0 Å². The summed E-state index contributed by atoms with van der Waals surface area (Å²) in [5.41, 5.74) is 0. The van der Waals surface area contributed by atoms with Crippen LogP contribution >= 0.6 is 0 Å². The van der Waals surface area contributed by atoms with Crippen molar-refractivity contribution < 1.29 is 36.6 Å². The summed E-state index contributed by atoms with van der Waals surface area (Å²) in [6, 6.07) is 3.43. The average Bonchev–Trinajstić information content (AvgIpc) is 2.30. The fourth-order valence-electron chi connectivity index (χ4n) is 1.65. The molecule has 5 nitrogen and oxygen atoms in total. The first kappa shape index (κ1) is 16.7. The van der Waals surface area contributed by atoms with Crippen LogP contribution in [-0.2, 0) is 7.05 Å². The number of pyridine rings is 1. The largest absolute Gasteiger partial charge is 1.00 e. The van der Waals surface area contributed by atoms with E-state index in [4.69, 9.17) is 5.11 Å². The normalized spacial score (nSPS) is 13.9. The number of carbonyl (C=O) groups excluding carboxylic acids is 1. The molecule has 1 amide bonds. The van der Waals surface area contributed by atoms with Crippen molar-refractivity contribution in [1.29, 1.82) is 0 Å². The third-order valence-corrected chi connectivity index (χ3v) is 2.54. The number of hydrogen-bond acceptors (Lipinski definition) is 3. The van der Waals surface area contributed by atoms with Gasteiger partial charge in [0, 0.05) is 19.2 Å². The van der Waals surface area contributed by atoms with Crippen LogP contribution in [0, 0.1) is 0 Å². The van der Waals surface area contributed by atoms with E-state index < -0.39 is 6.09 Å². The second-order valence-corrected chi connectivity index (χ2v) is 4.04. The van der Waals surface area contributed by atoms with Crippen molar-refractivity contribution in [2.75, 3.05) is 13.1 Å². The van der Waals surface area contributed by atoms with E-state index in [0.717, 1.165) is 19.3 Å². The number of halogens is 1. The third-order valence-electron chi connectivity index (χ3n) is 2.54. The van der Waals surface area contributed by atoms with Gasteiger partial charge in [-0.25, -0.2) is 4.57 Å². The van der Waals surface area contributed by atoms with E-state index in [1.165, 1.54) is 4.90 Å². The molecule has 0 atom stereocenters. The van der Waals surface area contributed by atoms with Gasteiger partial charge >= 0.3 is 0 Å². The molecule has 0 aromatic carbocycles. The van der Waals surface area contributed by atoms with Crippen LogP contribution in [0.2, 0.25) is 0 Å². The minimum atomic E-state index is -1.02. The molecule has 1 aliphatic rings. The molecule has 0 spiro atoms. The Hall–Kier alpha value is -1.30. The number of hydrogen-bond donors (Lipinski definition) is 1. The quantitative estimate of drug-likeness (QED) is 0.520. The Labute approximate surface area is 117 Å². The molecule has 18 heavy (non-hydrogen) atoms. The van der Waals surface area contributed by atoms with Crippen LogP contribution in [0.5, 0.6) is 5.75 Å². The first-order chi connectivity index (χ1) is 8.09. The molecule has 1 aromatic heterocycles. The Balaban J connectivity index is 0.000000306. The highest BCUT2D eigenvalue weighted by Crippen LogP contribution is 2.06. The predicted molar refractivity (Wildman–Crippen MR) is 60.1 cm³/mol. The summed E-state index contributed by atoms with van der Waals surface area (Å²) in [4.78, 5) is 11.5. The number of amides is 1.